The summed E-state index contributed by atoms with van der Waals surface area (Å²) in [5.41, 5.74) is 0. The molecule has 118 valence electrons. The lowest BCUT2D eigenvalue weighted by Crippen LogP contribution is -2.51. The number of aliphatic hydroxyl groups excluding tert-OH is 1. The summed E-state index contributed by atoms with van der Waals surface area (Å²) < 4.78 is 23.6. The molecule has 1 aliphatic heterocycles. The van der Waals surface area contributed by atoms with Crippen molar-refractivity contribution in [1.29, 1.82) is 0 Å². The van der Waals surface area contributed by atoms with E-state index in [1.54, 1.807) is 11.8 Å². The molecule has 0 aromatic heterocycles. The van der Waals surface area contributed by atoms with E-state index >= 15 is 0 Å². The van der Waals surface area contributed by atoms with Crippen LogP contribution in [0.15, 0.2) is 0 Å². The largest absolute Gasteiger partial charge is 0.392 e. The number of carbonyl (C=O) groups excluding carboxylic acids is 1. The molecule has 1 saturated heterocycles. The highest BCUT2D eigenvalue weighted by Crippen LogP contribution is 2.06. The second-order valence-corrected chi connectivity index (χ2v) is 8.09. The molecule has 0 aliphatic carbocycles. The van der Waals surface area contributed by atoms with Crippen LogP contribution in [0.1, 0.15) is 20.8 Å². The second-order valence-electron chi connectivity index (χ2n) is 5.98. The molecule has 0 radical (unpaired) electrons. The Balaban J connectivity index is 2.43. The van der Waals surface area contributed by atoms with Crippen LogP contribution >= 0.6 is 0 Å². The van der Waals surface area contributed by atoms with Crippen molar-refractivity contribution in [3.63, 3.8) is 0 Å². The van der Waals surface area contributed by atoms with Crippen molar-refractivity contribution >= 4 is 15.7 Å². The minimum absolute atomic E-state index is 0.0377. The highest BCUT2D eigenvalue weighted by Gasteiger charge is 2.26. The Bertz CT molecular complexity index is 412. The van der Waals surface area contributed by atoms with Gasteiger partial charge in [-0.15, -0.1) is 0 Å². The van der Waals surface area contributed by atoms with Crippen LogP contribution in [-0.4, -0.2) is 79.6 Å². The molecule has 20 heavy (non-hydrogen) atoms. The Morgan fingerprint density at radius 2 is 1.70 bits per heavy atom. The van der Waals surface area contributed by atoms with Gasteiger partial charge in [-0.3, -0.25) is 9.69 Å². The fourth-order valence-electron chi connectivity index (χ4n) is 2.40. The Hall–Kier alpha value is -0.660. The fraction of sp³-hybridized carbons (Fsp3) is 0.923. The molecule has 1 amide bonds. The number of sulfone groups is 1. The lowest BCUT2D eigenvalue weighted by atomic mass is 10.3. The normalized spacial score (nSPS) is 19.4. The number of β-amino-alcohol motifs (C(OH)–C–C–N with tert-alkyl or cyclic N) is 1. The molecule has 0 spiro atoms. The quantitative estimate of drug-likeness (QED) is 0.721. The molecule has 0 aromatic carbocycles. The predicted molar refractivity (Wildman–Crippen MR) is 78.2 cm³/mol. The first kappa shape index (κ1) is 17.4. The molecule has 1 N–H and O–H groups in total. The van der Waals surface area contributed by atoms with Gasteiger partial charge in [0, 0.05) is 32.7 Å². The number of carbonyl (C=O) groups is 1. The zero-order valence-corrected chi connectivity index (χ0v) is 13.4. The third-order valence-corrected chi connectivity index (χ3v) is 5.04. The summed E-state index contributed by atoms with van der Waals surface area (Å²) in [6.07, 6.45) is -0.385. The Morgan fingerprint density at radius 3 is 2.15 bits per heavy atom. The van der Waals surface area contributed by atoms with Gasteiger partial charge in [-0.25, -0.2) is 8.42 Å². The van der Waals surface area contributed by atoms with Crippen LogP contribution in [-0.2, 0) is 14.6 Å². The summed E-state index contributed by atoms with van der Waals surface area (Å²) >= 11 is 0. The van der Waals surface area contributed by atoms with E-state index < -0.39 is 9.84 Å². The van der Waals surface area contributed by atoms with Crippen molar-refractivity contribution in [1.82, 2.24) is 9.80 Å². The van der Waals surface area contributed by atoms with Crippen LogP contribution < -0.4 is 0 Å². The summed E-state index contributed by atoms with van der Waals surface area (Å²) in [4.78, 5) is 15.7. The van der Waals surface area contributed by atoms with Gasteiger partial charge in [0.25, 0.3) is 0 Å². The average molecular weight is 306 g/mol. The molecular weight excluding hydrogens is 280 g/mol. The van der Waals surface area contributed by atoms with Crippen LogP contribution in [0.4, 0.5) is 0 Å². The van der Waals surface area contributed by atoms with Crippen molar-refractivity contribution in [2.24, 2.45) is 5.92 Å². The van der Waals surface area contributed by atoms with Crippen molar-refractivity contribution in [2.75, 3.05) is 44.2 Å². The first-order valence-corrected chi connectivity index (χ1v) is 8.90. The van der Waals surface area contributed by atoms with Gasteiger partial charge < -0.3 is 10.0 Å². The summed E-state index contributed by atoms with van der Waals surface area (Å²) in [6, 6.07) is 0. The molecule has 6 nitrogen and oxygen atoms in total. The van der Waals surface area contributed by atoms with E-state index in [1.165, 1.54) is 0 Å². The van der Waals surface area contributed by atoms with Gasteiger partial charge >= 0.3 is 0 Å². The standard InChI is InChI=1S/C13H26N2O4S/c1-11(2)9-20(18,19)10-13(17)15-6-4-14(5-7-15)8-12(3)16/h11-12,16H,4-10H2,1-3H3. The van der Waals surface area contributed by atoms with Crippen molar-refractivity contribution in [3.8, 4) is 0 Å². The summed E-state index contributed by atoms with van der Waals surface area (Å²) in [7, 11) is -3.31. The number of hydrogen-bond acceptors (Lipinski definition) is 5. The van der Waals surface area contributed by atoms with E-state index in [-0.39, 0.29) is 29.4 Å². The van der Waals surface area contributed by atoms with E-state index in [4.69, 9.17) is 0 Å². The predicted octanol–water partition coefficient (Wildman–Crippen LogP) is -0.418. The fourth-order valence-corrected chi connectivity index (χ4v) is 4.09. The molecule has 1 aliphatic rings. The van der Waals surface area contributed by atoms with Crippen LogP contribution in [0.3, 0.4) is 0 Å². The lowest BCUT2D eigenvalue weighted by Gasteiger charge is -2.35. The average Bonchev–Trinajstić information content (AvgIpc) is 2.26. The molecule has 1 fully saturated rings. The number of rotatable bonds is 6. The van der Waals surface area contributed by atoms with E-state index in [0.29, 0.717) is 32.7 Å². The van der Waals surface area contributed by atoms with Crippen LogP contribution in [0, 0.1) is 5.92 Å². The number of aliphatic hydroxyl groups is 1. The topological polar surface area (TPSA) is 77.9 Å². The SMILES string of the molecule is CC(C)CS(=O)(=O)CC(=O)N1CCN(CC(C)O)CC1. The Morgan fingerprint density at radius 1 is 1.15 bits per heavy atom. The van der Waals surface area contributed by atoms with Crippen molar-refractivity contribution in [3.05, 3.63) is 0 Å². The summed E-state index contributed by atoms with van der Waals surface area (Å²) in [5.74, 6) is -0.597. The minimum atomic E-state index is -3.31. The number of hydrogen-bond donors (Lipinski definition) is 1. The summed E-state index contributed by atoms with van der Waals surface area (Å²) in [5, 5.41) is 9.31. The smallest absolute Gasteiger partial charge is 0.237 e. The molecule has 1 atom stereocenters. The Labute approximate surface area is 121 Å². The monoisotopic (exact) mass is 306 g/mol. The van der Waals surface area contributed by atoms with E-state index in [9.17, 15) is 18.3 Å². The molecule has 0 aromatic rings. The van der Waals surface area contributed by atoms with Crippen molar-refractivity contribution in [2.45, 2.75) is 26.9 Å². The van der Waals surface area contributed by atoms with Gasteiger partial charge in [-0.05, 0) is 12.8 Å². The van der Waals surface area contributed by atoms with Crippen LogP contribution in [0.25, 0.3) is 0 Å². The molecular formula is C13H26N2O4S. The molecule has 0 bridgehead atoms. The van der Waals surface area contributed by atoms with Crippen LogP contribution in [0.2, 0.25) is 0 Å². The number of amides is 1. The third-order valence-electron chi connectivity index (χ3n) is 3.18. The Kier molecular flexibility index (Phi) is 6.42. The van der Waals surface area contributed by atoms with Crippen LogP contribution in [0.5, 0.6) is 0 Å². The first-order chi connectivity index (χ1) is 9.19. The summed E-state index contributed by atoms with van der Waals surface area (Å²) in [6.45, 7) is 8.41. The lowest BCUT2D eigenvalue weighted by molar-refractivity contribution is -0.130. The van der Waals surface area contributed by atoms with Gasteiger partial charge in [0.1, 0.15) is 5.75 Å². The van der Waals surface area contributed by atoms with Crippen molar-refractivity contribution < 1.29 is 18.3 Å². The molecule has 1 heterocycles. The zero-order chi connectivity index (χ0) is 15.3. The third kappa shape index (κ3) is 6.19. The minimum Gasteiger partial charge on any atom is -0.392 e. The molecule has 7 heteroatoms. The highest BCUT2D eigenvalue weighted by molar-refractivity contribution is 7.92. The van der Waals surface area contributed by atoms with Gasteiger partial charge in [0.15, 0.2) is 9.84 Å². The maximum atomic E-state index is 12.0. The van der Waals surface area contributed by atoms with Gasteiger partial charge in [0.2, 0.25) is 5.91 Å². The van der Waals surface area contributed by atoms with Gasteiger partial charge in [0.05, 0.1) is 11.9 Å². The molecule has 1 unspecified atom stereocenters. The molecule has 0 saturated carbocycles. The maximum Gasteiger partial charge on any atom is 0.237 e. The molecule has 1 rings (SSSR count). The highest BCUT2D eigenvalue weighted by atomic mass is 32.2. The maximum absolute atomic E-state index is 12.0. The first-order valence-electron chi connectivity index (χ1n) is 7.08. The second kappa shape index (κ2) is 7.38. The van der Waals surface area contributed by atoms with E-state index in [0.717, 1.165) is 0 Å². The van der Waals surface area contributed by atoms with E-state index in [2.05, 4.69) is 4.90 Å². The van der Waals surface area contributed by atoms with Gasteiger partial charge in [-0.2, -0.15) is 0 Å². The van der Waals surface area contributed by atoms with E-state index in [1.807, 2.05) is 13.8 Å². The number of piperazine rings is 1. The van der Waals surface area contributed by atoms with Gasteiger partial charge in [-0.1, -0.05) is 13.8 Å². The zero-order valence-electron chi connectivity index (χ0n) is 12.6. The number of nitrogens with zero attached hydrogens (tertiary/aromatic N) is 2.